The highest BCUT2D eigenvalue weighted by molar-refractivity contribution is 8.17. The van der Waals surface area contributed by atoms with Gasteiger partial charge in [0.1, 0.15) is 0 Å². The van der Waals surface area contributed by atoms with Gasteiger partial charge in [0.2, 0.25) is 0 Å². The Morgan fingerprint density at radius 3 is 2.54 bits per heavy atom. The quantitative estimate of drug-likeness (QED) is 0.786. The molecule has 1 saturated heterocycles. The summed E-state index contributed by atoms with van der Waals surface area (Å²) >= 11 is 4.04. The molecule has 0 amide bonds. The second-order valence-corrected chi connectivity index (χ2v) is 6.63. The summed E-state index contributed by atoms with van der Waals surface area (Å²) in [4.78, 5) is 0. The smallest absolute Gasteiger partial charge is 0.0584 e. The normalized spacial score (nSPS) is 24.2. The summed E-state index contributed by atoms with van der Waals surface area (Å²) in [6, 6.07) is 0. The summed E-state index contributed by atoms with van der Waals surface area (Å²) in [6.07, 6.45) is 3.31. The Hall–Kier alpha value is 0.660. The number of hydrogen-bond donors (Lipinski definition) is 1. The summed E-state index contributed by atoms with van der Waals surface area (Å²) in [7, 11) is 0. The second kappa shape index (κ2) is 6.20. The van der Waals surface area contributed by atoms with Crippen molar-refractivity contribution in [3.05, 3.63) is 0 Å². The van der Waals surface area contributed by atoms with Gasteiger partial charge in [-0.3, -0.25) is 0 Å². The van der Waals surface area contributed by atoms with E-state index < -0.39 is 0 Å². The monoisotopic (exact) mass is 220 g/mol. The third kappa shape index (κ3) is 4.13. The molecule has 1 nitrogen and oxygen atoms in total. The summed E-state index contributed by atoms with van der Waals surface area (Å²) in [5.74, 6) is 3.03. The number of hydrogen-bond acceptors (Lipinski definition) is 3. The topological polar surface area (TPSA) is 20.2 Å². The van der Waals surface area contributed by atoms with Gasteiger partial charge in [0.05, 0.1) is 10.7 Å². The Morgan fingerprint density at radius 1 is 1.38 bits per heavy atom. The van der Waals surface area contributed by atoms with Crippen LogP contribution in [0, 0.1) is 5.92 Å². The number of aliphatic hydroxyl groups excluding tert-OH is 1. The fraction of sp³-hybridized carbons (Fsp3) is 1.00. The zero-order valence-electron chi connectivity index (χ0n) is 8.53. The summed E-state index contributed by atoms with van der Waals surface area (Å²) < 4.78 is 0.651. The van der Waals surface area contributed by atoms with Crippen LogP contribution >= 0.6 is 23.5 Å². The largest absolute Gasteiger partial charge is 0.393 e. The van der Waals surface area contributed by atoms with E-state index >= 15 is 0 Å². The van der Waals surface area contributed by atoms with Crippen LogP contribution in [-0.4, -0.2) is 27.3 Å². The van der Waals surface area contributed by atoms with E-state index in [4.69, 9.17) is 0 Å². The average Bonchev–Trinajstić information content (AvgIpc) is 2.18. The molecule has 0 saturated carbocycles. The maximum Gasteiger partial charge on any atom is 0.0584 e. The molecule has 0 aliphatic carbocycles. The molecule has 1 heterocycles. The molecule has 0 aromatic rings. The zero-order valence-corrected chi connectivity index (χ0v) is 10.2. The SMILES string of the molecule is CCC(C)C(O)CC1SCCCS1. The van der Waals surface area contributed by atoms with Crippen molar-refractivity contribution >= 4 is 23.5 Å². The molecule has 13 heavy (non-hydrogen) atoms. The van der Waals surface area contributed by atoms with Crippen molar-refractivity contribution < 1.29 is 5.11 Å². The van der Waals surface area contributed by atoms with Crippen LogP contribution in [0.4, 0.5) is 0 Å². The Labute approximate surface area is 90.1 Å². The Balaban J connectivity index is 2.21. The third-order valence-corrected chi connectivity index (χ3v) is 5.62. The zero-order chi connectivity index (χ0) is 9.68. The average molecular weight is 220 g/mol. The van der Waals surface area contributed by atoms with Crippen molar-refractivity contribution in [2.75, 3.05) is 11.5 Å². The van der Waals surface area contributed by atoms with Crippen molar-refractivity contribution in [3.63, 3.8) is 0 Å². The molecule has 3 heteroatoms. The Morgan fingerprint density at radius 2 is 2.00 bits per heavy atom. The summed E-state index contributed by atoms with van der Waals surface area (Å²) in [5, 5.41) is 9.84. The molecule has 2 unspecified atom stereocenters. The molecular weight excluding hydrogens is 200 g/mol. The second-order valence-electron chi connectivity index (χ2n) is 3.71. The van der Waals surface area contributed by atoms with Crippen LogP contribution in [0.25, 0.3) is 0 Å². The van der Waals surface area contributed by atoms with Gasteiger partial charge >= 0.3 is 0 Å². The van der Waals surface area contributed by atoms with Crippen LogP contribution in [0.2, 0.25) is 0 Å². The van der Waals surface area contributed by atoms with Crippen molar-refractivity contribution in [1.82, 2.24) is 0 Å². The number of rotatable bonds is 4. The first-order valence-corrected chi connectivity index (χ1v) is 7.25. The van der Waals surface area contributed by atoms with Crippen LogP contribution in [0.1, 0.15) is 33.1 Å². The van der Waals surface area contributed by atoms with Crippen molar-refractivity contribution in [2.45, 2.75) is 43.8 Å². The van der Waals surface area contributed by atoms with E-state index in [1.807, 2.05) is 23.5 Å². The highest BCUT2D eigenvalue weighted by Crippen LogP contribution is 2.34. The van der Waals surface area contributed by atoms with Crippen LogP contribution in [-0.2, 0) is 0 Å². The highest BCUT2D eigenvalue weighted by Gasteiger charge is 2.21. The summed E-state index contributed by atoms with van der Waals surface area (Å²) in [6.45, 7) is 4.29. The van der Waals surface area contributed by atoms with Gasteiger partial charge in [0.25, 0.3) is 0 Å². The van der Waals surface area contributed by atoms with Crippen LogP contribution in [0.15, 0.2) is 0 Å². The molecule has 0 aromatic heterocycles. The van der Waals surface area contributed by atoms with Gasteiger partial charge < -0.3 is 5.11 Å². The van der Waals surface area contributed by atoms with Crippen molar-refractivity contribution in [2.24, 2.45) is 5.92 Å². The van der Waals surface area contributed by atoms with Crippen LogP contribution < -0.4 is 0 Å². The maximum absolute atomic E-state index is 9.84. The van der Waals surface area contributed by atoms with Gasteiger partial charge in [0.15, 0.2) is 0 Å². The lowest BCUT2D eigenvalue weighted by atomic mass is 10.0. The molecule has 0 aromatic carbocycles. The molecule has 1 aliphatic heterocycles. The number of aliphatic hydroxyl groups is 1. The van der Waals surface area contributed by atoms with Crippen LogP contribution in [0.5, 0.6) is 0 Å². The van der Waals surface area contributed by atoms with E-state index in [1.54, 1.807) is 0 Å². The minimum atomic E-state index is -0.0897. The van der Waals surface area contributed by atoms with E-state index in [9.17, 15) is 5.11 Å². The fourth-order valence-corrected chi connectivity index (χ4v) is 4.33. The number of thioether (sulfide) groups is 2. The van der Waals surface area contributed by atoms with Gasteiger partial charge in [0, 0.05) is 0 Å². The summed E-state index contributed by atoms with van der Waals surface area (Å²) in [5.41, 5.74) is 0. The third-order valence-electron chi connectivity index (χ3n) is 2.63. The minimum Gasteiger partial charge on any atom is -0.393 e. The van der Waals surface area contributed by atoms with E-state index in [-0.39, 0.29) is 6.10 Å². The van der Waals surface area contributed by atoms with Gasteiger partial charge in [-0.25, -0.2) is 0 Å². The van der Waals surface area contributed by atoms with E-state index in [0.29, 0.717) is 10.5 Å². The molecule has 1 rings (SSSR count). The van der Waals surface area contributed by atoms with Crippen molar-refractivity contribution in [1.29, 1.82) is 0 Å². The molecule has 0 radical (unpaired) electrons. The molecular formula is C10H20OS2. The van der Waals surface area contributed by atoms with Gasteiger partial charge in [-0.05, 0) is 30.3 Å². The van der Waals surface area contributed by atoms with Gasteiger partial charge in [-0.1, -0.05) is 20.3 Å². The first kappa shape index (κ1) is 11.7. The fourth-order valence-electron chi connectivity index (χ4n) is 1.37. The lowest BCUT2D eigenvalue weighted by Gasteiger charge is -2.25. The minimum absolute atomic E-state index is 0.0897. The lowest BCUT2D eigenvalue weighted by Crippen LogP contribution is -2.22. The first-order chi connectivity index (χ1) is 6.24. The Bertz CT molecular complexity index is 135. The van der Waals surface area contributed by atoms with E-state index in [0.717, 1.165) is 12.8 Å². The highest BCUT2D eigenvalue weighted by atomic mass is 32.2. The molecule has 2 atom stereocenters. The molecule has 1 N–H and O–H groups in total. The predicted octanol–water partition coefficient (Wildman–Crippen LogP) is 2.98. The molecule has 0 spiro atoms. The van der Waals surface area contributed by atoms with Gasteiger partial charge in [-0.2, -0.15) is 0 Å². The van der Waals surface area contributed by atoms with Crippen LogP contribution in [0.3, 0.4) is 0 Å². The van der Waals surface area contributed by atoms with E-state index in [1.165, 1.54) is 17.9 Å². The Kier molecular flexibility index (Phi) is 5.60. The van der Waals surface area contributed by atoms with E-state index in [2.05, 4.69) is 13.8 Å². The maximum atomic E-state index is 9.84. The molecule has 0 bridgehead atoms. The predicted molar refractivity (Wildman–Crippen MR) is 63.4 cm³/mol. The molecule has 1 aliphatic rings. The van der Waals surface area contributed by atoms with Crippen molar-refractivity contribution in [3.8, 4) is 0 Å². The standard InChI is InChI=1S/C10H20OS2/c1-3-8(2)9(11)7-10-12-5-4-6-13-10/h8-11H,3-7H2,1-2H3. The molecule has 1 fully saturated rings. The van der Waals surface area contributed by atoms with Gasteiger partial charge in [-0.15, -0.1) is 23.5 Å². The molecule has 78 valence electrons. The lowest BCUT2D eigenvalue weighted by molar-refractivity contribution is 0.110. The first-order valence-electron chi connectivity index (χ1n) is 5.15.